The van der Waals surface area contributed by atoms with Crippen LogP contribution in [0.4, 0.5) is 10.5 Å². The maximum Gasteiger partial charge on any atom is 0.321 e. The van der Waals surface area contributed by atoms with Crippen LogP contribution in [-0.4, -0.2) is 39.2 Å². The second-order valence-corrected chi connectivity index (χ2v) is 7.50. The van der Waals surface area contributed by atoms with E-state index in [0.29, 0.717) is 18.3 Å². The van der Waals surface area contributed by atoms with Gasteiger partial charge in [0.2, 0.25) is 5.82 Å². The third-order valence-corrected chi connectivity index (χ3v) is 5.62. The number of carbonyl (C=O) groups is 1. The smallest absolute Gasteiger partial charge is 0.321 e. The number of benzene rings is 1. The van der Waals surface area contributed by atoms with Crippen molar-refractivity contribution < 1.29 is 9.32 Å². The van der Waals surface area contributed by atoms with Crippen LogP contribution in [0.1, 0.15) is 6.42 Å². The molecule has 9 heteroatoms. The molecule has 1 aliphatic rings. The molecule has 3 aromatic heterocycles. The van der Waals surface area contributed by atoms with Crippen LogP contribution >= 0.6 is 11.3 Å². The Labute approximate surface area is 170 Å². The van der Waals surface area contributed by atoms with Crippen LogP contribution in [0.5, 0.6) is 0 Å². The Morgan fingerprint density at radius 2 is 1.90 bits per heavy atom. The van der Waals surface area contributed by atoms with Crippen molar-refractivity contribution in [3.8, 4) is 32.7 Å². The Morgan fingerprint density at radius 1 is 1.07 bits per heavy atom. The molecular weight excluding hydrogens is 388 g/mol. The Bertz CT molecular complexity index is 1140. The van der Waals surface area contributed by atoms with Gasteiger partial charge >= 0.3 is 6.03 Å². The molecule has 144 valence electrons. The van der Waals surface area contributed by atoms with Gasteiger partial charge in [0.05, 0.1) is 6.20 Å². The fourth-order valence-electron chi connectivity index (χ4n) is 3.11. The van der Waals surface area contributed by atoms with Crippen molar-refractivity contribution in [2.24, 2.45) is 0 Å². The van der Waals surface area contributed by atoms with Gasteiger partial charge in [-0.2, -0.15) is 4.98 Å². The molecule has 1 saturated heterocycles. The summed E-state index contributed by atoms with van der Waals surface area (Å²) in [6, 6.07) is 11.3. The van der Waals surface area contributed by atoms with Crippen molar-refractivity contribution in [3.63, 3.8) is 0 Å². The summed E-state index contributed by atoms with van der Waals surface area (Å²) in [6.45, 7) is 1.43. The lowest BCUT2D eigenvalue weighted by Gasteiger charge is -2.27. The standard InChI is InChI=1S/C20H16N6O2S/c27-20-22-8-1-11-26(20)15-4-2-13(3-5-15)17-24-18(28-25-17)16-12-23-19(29-16)14-6-9-21-10-7-14/h2-7,9-10,12H,1,8,11H2,(H,22,27). The molecule has 4 heterocycles. The molecule has 1 fully saturated rings. The SMILES string of the molecule is O=C1NCCCN1c1ccc(-c2noc(-c3cnc(-c4ccncc4)s3)n2)cc1. The van der Waals surface area contributed by atoms with Gasteiger partial charge in [-0.05, 0) is 42.8 Å². The van der Waals surface area contributed by atoms with E-state index in [0.717, 1.165) is 39.7 Å². The predicted octanol–water partition coefficient (Wildman–Crippen LogP) is 3.84. The lowest BCUT2D eigenvalue weighted by Crippen LogP contribution is -2.46. The van der Waals surface area contributed by atoms with Crippen molar-refractivity contribution in [1.29, 1.82) is 0 Å². The number of hydrogen-bond donors (Lipinski definition) is 1. The highest BCUT2D eigenvalue weighted by molar-refractivity contribution is 7.18. The minimum absolute atomic E-state index is 0.0685. The molecule has 8 nitrogen and oxygen atoms in total. The number of nitrogens with one attached hydrogen (secondary N) is 1. The van der Waals surface area contributed by atoms with Gasteiger partial charge in [0.1, 0.15) is 9.88 Å². The first-order valence-corrected chi connectivity index (χ1v) is 9.96. The summed E-state index contributed by atoms with van der Waals surface area (Å²) < 4.78 is 5.44. The van der Waals surface area contributed by atoms with E-state index in [4.69, 9.17) is 4.52 Å². The van der Waals surface area contributed by atoms with E-state index < -0.39 is 0 Å². The van der Waals surface area contributed by atoms with Crippen LogP contribution < -0.4 is 10.2 Å². The van der Waals surface area contributed by atoms with Crippen LogP contribution in [0.2, 0.25) is 0 Å². The number of urea groups is 1. The molecule has 4 aromatic rings. The van der Waals surface area contributed by atoms with E-state index in [1.54, 1.807) is 23.5 Å². The Morgan fingerprint density at radius 3 is 2.69 bits per heavy atom. The molecule has 0 aliphatic carbocycles. The lowest BCUT2D eigenvalue weighted by atomic mass is 10.1. The quantitative estimate of drug-likeness (QED) is 0.555. The largest absolute Gasteiger partial charge is 0.338 e. The highest BCUT2D eigenvalue weighted by Crippen LogP contribution is 2.32. The summed E-state index contributed by atoms with van der Waals surface area (Å²) in [5.41, 5.74) is 2.66. The summed E-state index contributed by atoms with van der Waals surface area (Å²) in [6.07, 6.45) is 6.13. The summed E-state index contributed by atoms with van der Waals surface area (Å²) in [5.74, 6) is 0.922. The molecule has 0 unspecified atom stereocenters. The minimum atomic E-state index is -0.0685. The third kappa shape index (κ3) is 3.47. The highest BCUT2D eigenvalue weighted by Gasteiger charge is 2.19. The first-order chi connectivity index (χ1) is 14.3. The van der Waals surface area contributed by atoms with Crippen molar-refractivity contribution in [2.45, 2.75) is 6.42 Å². The van der Waals surface area contributed by atoms with Gasteiger partial charge in [0, 0.05) is 42.3 Å². The molecule has 29 heavy (non-hydrogen) atoms. The first-order valence-electron chi connectivity index (χ1n) is 9.14. The topological polar surface area (TPSA) is 97.0 Å². The average molecular weight is 404 g/mol. The highest BCUT2D eigenvalue weighted by atomic mass is 32.1. The number of hydrogen-bond acceptors (Lipinski definition) is 7. The average Bonchev–Trinajstić information content (AvgIpc) is 3.45. The number of aromatic nitrogens is 4. The molecule has 0 saturated carbocycles. The summed E-state index contributed by atoms with van der Waals surface area (Å²) in [4.78, 5) is 27.5. The molecule has 0 radical (unpaired) electrons. The number of nitrogens with zero attached hydrogens (tertiary/aromatic N) is 5. The molecule has 0 atom stereocenters. The lowest BCUT2D eigenvalue weighted by molar-refractivity contribution is 0.243. The Hall–Kier alpha value is -3.59. The van der Waals surface area contributed by atoms with Crippen molar-refractivity contribution >= 4 is 23.1 Å². The van der Waals surface area contributed by atoms with Crippen LogP contribution in [0, 0.1) is 0 Å². The first kappa shape index (κ1) is 17.5. The number of anilines is 1. The summed E-state index contributed by atoms with van der Waals surface area (Å²) in [7, 11) is 0. The van der Waals surface area contributed by atoms with Gasteiger partial charge in [-0.25, -0.2) is 9.78 Å². The predicted molar refractivity (Wildman–Crippen MR) is 109 cm³/mol. The second-order valence-electron chi connectivity index (χ2n) is 6.47. The molecule has 0 bridgehead atoms. The van der Waals surface area contributed by atoms with Crippen LogP contribution in [0.25, 0.3) is 32.7 Å². The molecular formula is C20H16N6O2S. The van der Waals surface area contributed by atoms with Gasteiger partial charge in [0.25, 0.3) is 5.89 Å². The van der Waals surface area contributed by atoms with Gasteiger partial charge in [-0.1, -0.05) is 5.16 Å². The maximum atomic E-state index is 12.0. The maximum absolute atomic E-state index is 12.0. The zero-order chi connectivity index (χ0) is 19.6. The van der Waals surface area contributed by atoms with Crippen LogP contribution in [0.3, 0.4) is 0 Å². The van der Waals surface area contributed by atoms with E-state index >= 15 is 0 Å². The van der Waals surface area contributed by atoms with Gasteiger partial charge in [-0.3, -0.25) is 9.88 Å². The third-order valence-electron chi connectivity index (χ3n) is 4.59. The molecule has 1 N–H and O–H groups in total. The van der Waals surface area contributed by atoms with Crippen molar-refractivity contribution in [3.05, 3.63) is 55.0 Å². The molecule has 1 aliphatic heterocycles. The van der Waals surface area contributed by atoms with E-state index in [1.165, 1.54) is 11.3 Å². The monoisotopic (exact) mass is 404 g/mol. The van der Waals surface area contributed by atoms with E-state index in [2.05, 4.69) is 25.4 Å². The van der Waals surface area contributed by atoms with E-state index in [-0.39, 0.29) is 6.03 Å². The normalized spacial score (nSPS) is 14.1. The molecule has 0 spiro atoms. The fourth-order valence-corrected chi connectivity index (χ4v) is 3.95. The number of pyridine rings is 1. The Kier molecular flexibility index (Phi) is 4.49. The minimum Gasteiger partial charge on any atom is -0.338 e. The fraction of sp³-hybridized carbons (Fsp3) is 0.150. The zero-order valence-corrected chi connectivity index (χ0v) is 16.1. The number of rotatable bonds is 4. The van der Waals surface area contributed by atoms with Crippen LogP contribution in [0.15, 0.2) is 59.5 Å². The molecule has 5 rings (SSSR count). The summed E-state index contributed by atoms with van der Waals surface area (Å²) >= 11 is 1.48. The van der Waals surface area contributed by atoms with Gasteiger partial charge in [0.15, 0.2) is 0 Å². The van der Waals surface area contributed by atoms with Crippen molar-refractivity contribution in [1.82, 2.24) is 25.4 Å². The van der Waals surface area contributed by atoms with E-state index in [1.807, 2.05) is 36.4 Å². The summed E-state index contributed by atoms with van der Waals surface area (Å²) in [5, 5.41) is 7.81. The Balaban J connectivity index is 1.36. The van der Waals surface area contributed by atoms with Gasteiger partial charge in [-0.15, -0.1) is 11.3 Å². The van der Waals surface area contributed by atoms with Crippen molar-refractivity contribution in [2.75, 3.05) is 18.0 Å². The second kappa shape index (κ2) is 7.44. The molecule has 1 aromatic carbocycles. The number of amides is 2. The van der Waals surface area contributed by atoms with E-state index in [9.17, 15) is 4.79 Å². The number of carbonyl (C=O) groups excluding carboxylic acids is 1. The van der Waals surface area contributed by atoms with Crippen LogP contribution in [-0.2, 0) is 0 Å². The number of thiazole rings is 1. The van der Waals surface area contributed by atoms with Gasteiger partial charge < -0.3 is 9.84 Å². The zero-order valence-electron chi connectivity index (χ0n) is 15.3. The molecule has 2 amide bonds.